The summed E-state index contributed by atoms with van der Waals surface area (Å²) in [6, 6.07) is 65.8. The fourth-order valence-corrected chi connectivity index (χ4v) is 12.0. The highest BCUT2D eigenvalue weighted by Crippen LogP contribution is 2.26. The van der Waals surface area contributed by atoms with Crippen molar-refractivity contribution in [1.29, 1.82) is 0 Å². The molecule has 600 valence electrons. The van der Waals surface area contributed by atoms with Crippen molar-refractivity contribution in [2.24, 2.45) is 0 Å². The van der Waals surface area contributed by atoms with E-state index in [4.69, 9.17) is 9.47 Å². The number of hydrogen-bond donors (Lipinski definition) is 0. The van der Waals surface area contributed by atoms with E-state index in [0.717, 1.165) is 55.0 Å². The molecule has 0 unspecified atom stereocenters. The van der Waals surface area contributed by atoms with Crippen LogP contribution in [-0.2, 0) is 28.7 Å². The first-order valence-electron chi connectivity index (χ1n) is 38.1. The van der Waals surface area contributed by atoms with E-state index in [9.17, 15) is 55.9 Å². The number of benzene rings is 8. The zero-order valence-electron chi connectivity index (χ0n) is 66.3. The Morgan fingerprint density at radius 1 is 0.284 bits per heavy atom. The molecule has 4 aliphatic rings. The molecule has 4 aromatic heterocycles. The fourth-order valence-electron chi connectivity index (χ4n) is 12.0. The van der Waals surface area contributed by atoms with Gasteiger partial charge in [-0.25, -0.2) is 17.6 Å². The third kappa shape index (κ3) is 25.5. The molecule has 23 heteroatoms. The molecular formula is C93H95F4N9O10. The van der Waals surface area contributed by atoms with E-state index >= 15 is 0 Å². The molecule has 4 fully saturated rings. The second kappa shape index (κ2) is 43.3. The van der Waals surface area contributed by atoms with Crippen LogP contribution in [0.25, 0.3) is 22.7 Å². The maximum Gasteiger partial charge on any atom is 0.273 e. The molecule has 0 saturated carbocycles. The number of carbonyl (C=O) groups is 4. The number of nitrogens with zero attached hydrogens (tertiary/aromatic N) is 9. The molecule has 0 N–H and O–H groups in total. The summed E-state index contributed by atoms with van der Waals surface area (Å²) in [6.45, 7) is 19.1. The van der Waals surface area contributed by atoms with Gasteiger partial charge in [0.1, 0.15) is 36.5 Å². The van der Waals surface area contributed by atoms with Gasteiger partial charge in [0.15, 0.2) is 0 Å². The van der Waals surface area contributed by atoms with Gasteiger partial charge in [-0.1, -0.05) is 113 Å². The van der Waals surface area contributed by atoms with Crippen LogP contribution in [0.1, 0.15) is 83.0 Å². The number of morpholine rings is 2. The summed E-state index contributed by atoms with van der Waals surface area (Å²) >= 11 is 0. The first-order valence-corrected chi connectivity index (χ1v) is 38.1. The Bertz CT molecular complexity index is 5200. The standard InChI is InChI=1S/C12H14FNO.2C12H10FNO.C12H15NO.C12H11NO.C11H12FNO2.C11H10N2O.C11H13NO2/c3*1-9-5-6-10(8-11(9)13)14-7-3-2-4-12(14)15;2*1-10-5-7-11(8-6-10)13-9-3-2-4-12(13)14;1-8-2-3-9(6-10(8)12)13-4-5-15-7-11(13)14;1-9-2-4-10(5-3-9)13-7-6-12-8-11(13)14;1-9-2-4-10(5-3-9)12-6-7-14-8-11(12)13/h5-6,8H,2-4,7H2,1H3;2*2-8H,1H3;5-8H,2-4,9H2,1H3;2-9H,1H3;2-3,6H,4-5,7H2,1H3;2-8H,1H3;2-5H,6-8H2,1H3. The molecule has 0 radical (unpaired) electrons. The number of aromatic nitrogens is 5. The molecule has 0 bridgehead atoms. The van der Waals surface area contributed by atoms with E-state index in [1.807, 2.05) is 123 Å². The van der Waals surface area contributed by atoms with Crippen LogP contribution in [0.3, 0.4) is 0 Å². The van der Waals surface area contributed by atoms with Crippen LogP contribution >= 0.6 is 0 Å². The van der Waals surface area contributed by atoms with Crippen molar-refractivity contribution in [3.05, 3.63) is 371 Å². The van der Waals surface area contributed by atoms with Crippen LogP contribution in [-0.4, -0.2) is 99.5 Å². The predicted molar refractivity (Wildman–Crippen MR) is 448 cm³/mol. The lowest BCUT2D eigenvalue weighted by Gasteiger charge is -2.26. The van der Waals surface area contributed by atoms with Gasteiger partial charge in [0.2, 0.25) is 11.8 Å². The number of hydrogen-bond acceptors (Lipinski definition) is 11. The number of rotatable bonds is 8. The third-order valence-electron chi connectivity index (χ3n) is 18.9. The minimum Gasteiger partial charge on any atom is -0.370 e. The Kier molecular flexibility index (Phi) is 32.5. The predicted octanol–water partition coefficient (Wildman–Crippen LogP) is 16.3. The molecule has 4 amide bonds. The molecule has 4 saturated heterocycles. The van der Waals surface area contributed by atoms with E-state index in [-0.39, 0.29) is 82.3 Å². The van der Waals surface area contributed by atoms with Gasteiger partial charge in [-0.05, 0) is 219 Å². The first kappa shape index (κ1) is 87.0. The Morgan fingerprint density at radius 3 is 0.888 bits per heavy atom. The molecule has 116 heavy (non-hydrogen) atoms. The fraction of sp³-hybridized carbons (Fsp3) is 0.237. The topological polar surface area (TPSA) is 201 Å². The smallest absolute Gasteiger partial charge is 0.273 e. The van der Waals surface area contributed by atoms with Crippen LogP contribution in [0, 0.1) is 78.7 Å². The van der Waals surface area contributed by atoms with E-state index in [1.54, 1.807) is 161 Å². The van der Waals surface area contributed by atoms with Crippen LogP contribution in [0.4, 0.5) is 40.3 Å². The summed E-state index contributed by atoms with van der Waals surface area (Å²) in [4.78, 5) is 103. The maximum atomic E-state index is 13.3. The Morgan fingerprint density at radius 2 is 0.569 bits per heavy atom. The summed E-state index contributed by atoms with van der Waals surface area (Å²) in [5.74, 6) is -0.849. The highest BCUT2D eigenvalue weighted by atomic mass is 19.1. The highest BCUT2D eigenvalue weighted by Gasteiger charge is 2.24. The van der Waals surface area contributed by atoms with E-state index < -0.39 is 0 Å². The minimum atomic E-state index is -0.303. The lowest BCUT2D eigenvalue weighted by Crippen LogP contribution is -2.41. The van der Waals surface area contributed by atoms with Gasteiger partial charge in [0, 0.05) is 122 Å². The normalized spacial score (nSPS) is 13.6. The van der Waals surface area contributed by atoms with Crippen LogP contribution in [0.2, 0.25) is 0 Å². The number of aryl methyl sites for hydroxylation is 8. The van der Waals surface area contributed by atoms with Gasteiger partial charge in [-0.2, -0.15) is 0 Å². The van der Waals surface area contributed by atoms with Gasteiger partial charge >= 0.3 is 0 Å². The largest absolute Gasteiger partial charge is 0.370 e. The van der Waals surface area contributed by atoms with E-state index in [1.165, 1.54) is 74.0 Å². The van der Waals surface area contributed by atoms with Crippen LogP contribution in [0.5, 0.6) is 0 Å². The van der Waals surface area contributed by atoms with Gasteiger partial charge in [-0.15, -0.1) is 0 Å². The monoisotopic (exact) mass is 1570 g/mol. The summed E-state index contributed by atoms with van der Waals surface area (Å²) < 4.78 is 69.2. The van der Waals surface area contributed by atoms with Crippen molar-refractivity contribution in [3.8, 4) is 22.7 Å². The Labute approximate surface area is 672 Å². The van der Waals surface area contributed by atoms with Crippen molar-refractivity contribution in [2.45, 2.75) is 93.9 Å². The molecule has 19 nitrogen and oxygen atoms in total. The average molecular weight is 1570 g/mol. The van der Waals surface area contributed by atoms with Crippen molar-refractivity contribution in [1.82, 2.24) is 23.3 Å². The molecule has 0 aliphatic carbocycles. The summed E-state index contributed by atoms with van der Waals surface area (Å²) in [7, 11) is 0. The number of ether oxygens (including phenoxy) is 2. The first-order chi connectivity index (χ1) is 55.8. The van der Waals surface area contributed by atoms with Crippen molar-refractivity contribution >= 4 is 46.4 Å². The Hall–Kier alpha value is -13.0. The van der Waals surface area contributed by atoms with Crippen molar-refractivity contribution in [2.75, 3.05) is 72.2 Å². The van der Waals surface area contributed by atoms with Crippen molar-refractivity contribution in [3.63, 3.8) is 0 Å². The quantitative estimate of drug-likeness (QED) is 0.131. The van der Waals surface area contributed by atoms with Crippen LogP contribution < -0.4 is 41.8 Å². The number of amides is 4. The molecule has 0 atom stereocenters. The molecule has 16 rings (SSSR count). The van der Waals surface area contributed by atoms with Crippen molar-refractivity contribution < 1.29 is 46.2 Å². The molecule has 12 aromatic rings. The van der Waals surface area contributed by atoms with Gasteiger partial charge in [0.05, 0.1) is 30.8 Å². The van der Waals surface area contributed by atoms with E-state index in [2.05, 4.69) is 24.0 Å². The SMILES string of the molecule is Cc1ccc(-n2ccccc2=O)cc1.Cc1ccc(-n2ccccc2=O)cc1F.Cc1ccc(-n2ccccc2=O)cc1F.Cc1ccc(-n2ccncc2=O)cc1.Cc1ccc(N2CCCCC2=O)cc1.Cc1ccc(N2CCCCC2=O)cc1F.Cc1ccc(N2CCOCC2=O)cc1.Cc1ccc(N2CCOCC2=O)cc1F. The average Bonchev–Trinajstić information content (AvgIpc) is 0.846. The number of piperidine rings is 2. The second-order valence-electron chi connectivity index (χ2n) is 27.8. The third-order valence-corrected chi connectivity index (χ3v) is 18.9. The summed E-state index contributed by atoms with van der Waals surface area (Å²) in [6.07, 6.45) is 15.0. The van der Waals surface area contributed by atoms with E-state index in [0.29, 0.717) is 90.7 Å². The van der Waals surface area contributed by atoms with Gasteiger partial charge < -0.3 is 29.1 Å². The van der Waals surface area contributed by atoms with Gasteiger partial charge in [0.25, 0.3) is 34.1 Å². The highest BCUT2D eigenvalue weighted by molar-refractivity contribution is 5.96. The zero-order valence-corrected chi connectivity index (χ0v) is 66.3. The second-order valence-corrected chi connectivity index (χ2v) is 27.8. The lowest BCUT2D eigenvalue weighted by atomic mass is 10.1. The van der Waals surface area contributed by atoms with Gasteiger partial charge in [-0.3, -0.25) is 61.6 Å². The van der Waals surface area contributed by atoms with Crippen LogP contribution in [0.15, 0.2) is 281 Å². The molecule has 0 spiro atoms. The molecular weight excluding hydrogens is 1480 g/mol. The zero-order chi connectivity index (χ0) is 83.2. The minimum absolute atomic E-state index is 0.00338. The number of pyridine rings is 3. The maximum absolute atomic E-state index is 13.3. The molecule has 8 heterocycles. The number of anilines is 4. The molecule has 8 aromatic carbocycles. The number of halogens is 4. The summed E-state index contributed by atoms with van der Waals surface area (Å²) in [5, 5.41) is 0. The lowest BCUT2D eigenvalue weighted by molar-refractivity contribution is -0.126. The molecule has 4 aliphatic heterocycles. The Balaban J connectivity index is 0.000000152. The summed E-state index contributed by atoms with van der Waals surface area (Å²) in [5.41, 5.74) is 12.8. The number of carbonyl (C=O) groups excluding carboxylic acids is 4.